The highest BCUT2D eigenvalue weighted by molar-refractivity contribution is 7.97. The Bertz CT molecular complexity index is 815. The minimum atomic E-state index is -0.152. The number of hydrogen-bond donors (Lipinski definition) is 1. The summed E-state index contributed by atoms with van der Waals surface area (Å²) < 4.78 is 0.957. The van der Waals surface area contributed by atoms with Gasteiger partial charge in [-0.2, -0.15) is 11.8 Å². The highest BCUT2D eigenvalue weighted by Gasteiger charge is 2.10. The van der Waals surface area contributed by atoms with Gasteiger partial charge in [0, 0.05) is 16.3 Å². The molecule has 0 atom stereocenters. The topological polar surface area (TPSA) is 42.0 Å². The van der Waals surface area contributed by atoms with Crippen LogP contribution in [-0.4, -0.2) is 17.1 Å². The maximum Gasteiger partial charge on any atom is 0.257 e. The van der Waals surface area contributed by atoms with E-state index in [1.165, 1.54) is 16.9 Å². The molecule has 1 heterocycles. The van der Waals surface area contributed by atoms with Gasteiger partial charge >= 0.3 is 0 Å². The summed E-state index contributed by atoms with van der Waals surface area (Å²) in [5, 5.41) is 4.08. The van der Waals surface area contributed by atoms with E-state index >= 15 is 0 Å². The fourth-order valence-corrected chi connectivity index (χ4v) is 3.70. The summed E-state index contributed by atoms with van der Waals surface area (Å²) in [5.74, 6) is 0.793. The molecular weight excluding hydrogens is 336 g/mol. The first kappa shape index (κ1) is 15.3. The normalized spacial score (nSPS) is 10.8. The Morgan fingerprint density at radius 2 is 2.05 bits per heavy atom. The number of rotatable bonds is 4. The molecule has 0 unspecified atom stereocenters. The van der Waals surface area contributed by atoms with Gasteiger partial charge in [0.15, 0.2) is 5.13 Å². The second kappa shape index (κ2) is 6.69. The second-order valence-corrected chi connectivity index (χ2v) is 7.05. The molecule has 0 saturated heterocycles. The maximum atomic E-state index is 12.3. The van der Waals surface area contributed by atoms with Gasteiger partial charge in [0.25, 0.3) is 5.91 Å². The van der Waals surface area contributed by atoms with E-state index in [0.29, 0.717) is 15.7 Å². The average molecular weight is 349 g/mol. The smallest absolute Gasteiger partial charge is 0.257 e. The van der Waals surface area contributed by atoms with Crippen LogP contribution in [0.5, 0.6) is 0 Å². The number of halogens is 1. The van der Waals surface area contributed by atoms with E-state index in [-0.39, 0.29) is 5.91 Å². The quantitative estimate of drug-likeness (QED) is 0.716. The van der Waals surface area contributed by atoms with Gasteiger partial charge < -0.3 is 0 Å². The molecule has 3 nitrogen and oxygen atoms in total. The zero-order chi connectivity index (χ0) is 15.5. The summed E-state index contributed by atoms with van der Waals surface area (Å²) in [6.07, 6.45) is 2.06. The van der Waals surface area contributed by atoms with Crippen LogP contribution in [0.3, 0.4) is 0 Å². The van der Waals surface area contributed by atoms with Crippen molar-refractivity contribution in [1.29, 1.82) is 0 Å². The van der Waals surface area contributed by atoms with Crippen LogP contribution in [0, 0.1) is 0 Å². The van der Waals surface area contributed by atoms with Crippen molar-refractivity contribution in [3.8, 4) is 0 Å². The molecule has 0 fully saturated rings. The zero-order valence-corrected chi connectivity index (χ0v) is 14.2. The van der Waals surface area contributed by atoms with E-state index in [0.717, 1.165) is 16.0 Å². The lowest BCUT2D eigenvalue weighted by molar-refractivity contribution is 0.102. The Balaban J connectivity index is 1.77. The van der Waals surface area contributed by atoms with Crippen LogP contribution in [0.1, 0.15) is 15.9 Å². The number of thiazole rings is 1. The molecule has 3 aromatic rings. The number of anilines is 1. The van der Waals surface area contributed by atoms with Crippen LogP contribution in [0.2, 0.25) is 5.02 Å². The number of nitrogens with zero attached hydrogens (tertiary/aromatic N) is 1. The van der Waals surface area contributed by atoms with Crippen molar-refractivity contribution in [3.63, 3.8) is 0 Å². The minimum Gasteiger partial charge on any atom is -0.298 e. The Morgan fingerprint density at radius 3 is 2.77 bits per heavy atom. The highest BCUT2D eigenvalue weighted by Crippen LogP contribution is 2.28. The second-order valence-electron chi connectivity index (χ2n) is 4.72. The minimum absolute atomic E-state index is 0.152. The van der Waals surface area contributed by atoms with Crippen molar-refractivity contribution >= 4 is 56.0 Å². The summed E-state index contributed by atoms with van der Waals surface area (Å²) in [6.45, 7) is 0. The Kier molecular flexibility index (Phi) is 4.66. The van der Waals surface area contributed by atoms with Crippen molar-refractivity contribution in [3.05, 3.63) is 58.6 Å². The first-order valence-electron chi connectivity index (χ1n) is 6.61. The monoisotopic (exact) mass is 348 g/mol. The number of hydrogen-bond acceptors (Lipinski definition) is 4. The van der Waals surface area contributed by atoms with Crippen LogP contribution in [0.15, 0.2) is 42.5 Å². The van der Waals surface area contributed by atoms with Crippen LogP contribution in [-0.2, 0) is 5.75 Å². The van der Waals surface area contributed by atoms with E-state index < -0.39 is 0 Å². The van der Waals surface area contributed by atoms with Gasteiger partial charge in [-0.1, -0.05) is 35.1 Å². The van der Waals surface area contributed by atoms with Gasteiger partial charge in [-0.05, 0) is 42.2 Å². The molecule has 2 aromatic carbocycles. The summed E-state index contributed by atoms with van der Waals surface area (Å²) in [4.78, 5) is 16.6. The average Bonchev–Trinajstić information content (AvgIpc) is 2.89. The number of fused-ring (bicyclic) bond motifs is 1. The molecule has 22 heavy (non-hydrogen) atoms. The number of amides is 1. The molecule has 0 aliphatic carbocycles. The van der Waals surface area contributed by atoms with E-state index in [1.54, 1.807) is 17.8 Å². The van der Waals surface area contributed by atoms with E-state index in [4.69, 9.17) is 11.6 Å². The third-order valence-corrected chi connectivity index (χ3v) is 4.89. The lowest BCUT2D eigenvalue weighted by Crippen LogP contribution is -2.11. The van der Waals surface area contributed by atoms with Crippen LogP contribution in [0.4, 0.5) is 5.13 Å². The van der Waals surface area contributed by atoms with E-state index in [9.17, 15) is 4.79 Å². The molecule has 0 aliphatic heterocycles. The Hall–Kier alpha value is -1.56. The molecule has 0 saturated carbocycles. The Labute approximate surface area is 141 Å². The standard InChI is InChI=1S/C16H13ClN2OS2/c1-21-9-10-2-4-11(5-3-10)15(20)19-16-18-13-7-6-12(17)8-14(13)22-16/h2-8H,9H2,1H3,(H,18,19,20). The SMILES string of the molecule is CSCc1ccc(C(=O)Nc2nc3ccc(Cl)cc3s2)cc1. The number of carbonyl (C=O) groups is 1. The first-order chi connectivity index (χ1) is 10.7. The number of nitrogens with one attached hydrogen (secondary N) is 1. The lowest BCUT2D eigenvalue weighted by atomic mass is 10.1. The van der Waals surface area contributed by atoms with Crippen molar-refractivity contribution < 1.29 is 4.79 Å². The molecule has 0 spiro atoms. The highest BCUT2D eigenvalue weighted by atomic mass is 35.5. The molecular formula is C16H13ClN2OS2. The summed E-state index contributed by atoms with van der Waals surface area (Å²) >= 11 is 9.13. The largest absolute Gasteiger partial charge is 0.298 e. The molecule has 112 valence electrons. The number of carbonyl (C=O) groups excluding carboxylic acids is 1. The number of thioether (sulfide) groups is 1. The molecule has 1 N–H and O–H groups in total. The van der Waals surface area contributed by atoms with Gasteiger partial charge in [-0.3, -0.25) is 10.1 Å². The predicted octanol–water partition coefficient (Wildman–Crippen LogP) is 5.07. The molecule has 1 amide bonds. The molecule has 0 aliphatic rings. The van der Waals surface area contributed by atoms with Crippen LogP contribution in [0.25, 0.3) is 10.2 Å². The third kappa shape index (κ3) is 3.43. The summed E-state index contributed by atoms with van der Waals surface area (Å²) in [7, 11) is 0. The van der Waals surface area contributed by atoms with Gasteiger partial charge in [-0.25, -0.2) is 4.98 Å². The van der Waals surface area contributed by atoms with E-state index in [2.05, 4.69) is 16.6 Å². The zero-order valence-electron chi connectivity index (χ0n) is 11.8. The van der Waals surface area contributed by atoms with Gasteiger partial charge in [0.1, 0.15) is 0 Å². The fraction of sp³-hybridized carbons (Fsp3) is 0.125. The molecule has 6 heteroatoms. The van der Waals surface area contributed by atoms with Crippen molar-refractivity contribution in [2.75, 3.05) is 11.6 Å². The van der Waals surface area contributed by atoms with Crippen molar-refractivity contribution in [2.45, 2.75) is 5.75 Å². The van der Waals surface area contributed by atoms with E-state index in [1.807, 2.05) is 36.4 Å². The Morgan fingerprint density at radius 1 is 1.27 bits per heavy atom. The molecule has 3 rings (SSSR count). The molecule has 1 aromatic heterocycles. The van der Waals surface area contributed by atoms with Crippen molar-refractivity contribution in [1.82, 2.24) is 4.98 Å². The summed E-state index contributed by atoms with van der Waals surface area (Å²) in [5.41, 5.74) is 2.67. The van der Waals surface area contributed by atoms with Gasteiger partial charge in [0.05, 0.1) is 10.2 Å². The van der Waals surface area contributed by atoms with Crippen molar-refractivity contribution in [2.24, 2.45) is 0 Å². The fourth-order valence-electron chi connectivity index (χ4n) is 2.04. The lowest BCUT2D eigenvalue weighted by Gasteiger charge is -2.03. The van der Waals surface area contributed by atoms with Crippen LogP contribution < -0.4 is 5.32 Å². The molecule has 0 radical (unpaired) electrons. The molecule has 0 bridgehead atoms. The maximum absolute atomic E-state index is 12.3. The summed E-state index contributed by atoms with van der Waals surface area (Å²) in [6, 6.07) is 13.1. The first-order valence-corrected chi connectivity index (χ1v) is 9.20. The predicted molar refractivity (Wildman–Crippen MR) is 96.2 cm³/mol. The van der Waals surface area contributed by atoms with Gasteiger partial charge in [0.2, 0.25) is 0 Å². The van der Waals surface area contributed by atoms with Gasteiger partial charge in [-0.15, -0.1) is 0 Å². The number of aromatic nitrogens is 1. The number of benzene rings is 2. The van der Waals surface area contributed by atoms with Crippen LogP contribution >= 0.6 is 34.7 Å². The third-order valence-electron chi connectivity index (χ3n) is 3.10.